The molecule has 0 aliphatic carbocycles. The normalized spacial score (nSPS) is 11.6. The number of ketones is 1. The molecule has 0 fully saturated rings. The molecule has 1 N–H and O–H groups in total. The Morgan fingerprint density at radius 2 is 1.69 bits per heavy atom. The maximum atomic E-state index is 12.6. The highest BCUT2D eigenvalue weighted by atomic mass is 79.9. The summed E-state index contributed by atoms with van der Waals surface area (Å²) in [7, 11) is 0. The first-order valence-electron chi connectivity index (χ1n) is 8.32. The molecule has 0 spiro atoms. The van der Waals surface area contributed by atoms with Crippen LogP contribution < -0.4 is 5.32 Å². The van der Waals surface area contributed by atoms with Gasteiger partial charge in [0.15, 0.2) is 0 Å². The molecule has 4 nitrogen and oxygen atoms in total. The number of aryl methyl sites for hydroxylation is 1. The van der Waals surface area contributed by atoms with Gasteiger partial charge in [-0.25, -0.2) is 0 Å². The zero-order valence-electron chi connectivity index (χ0n) is 15.1. The molecule has 0 aliphatic heterocycles. The molecule has 0 aliphatic rings. The molecular formula is C21H20BrNO3. The number of hydrogen-bond acceptors (Lipinski definition) is 3. The van der Waals surface area contributed by atoms with Crippen LogP contribution in [0.5, 0.6) is 0 Å². The maximum Gasteiger partial charge on any atom is 0.296 e. The summed E-state index contributed by atoms with van der Waals surface area (Å²) in [5, 5.41) is 4.56. The first-order chi connectivity index (χ1) is 12.2. The van der Waals surface area contributed by atoms with Gasteiger partial charge in [-0.05, 0) is 30.5 Å². The van der Waals surface area contributed by atoms with Crippen molar-refractivity contribution in [2.75, 3.05) is 5.32 Å². The fourth-order valence-electron chi connectivity index (χ4n) is 2.75. The van der Waals surface area contributed by atoms with Crippen LogP contribution in [-0.4, -0.2) is 11.7 Å². The summed E-state index contributed by atoms with van der Waals surface area (Å²) in [4.78, 5) is 25.2. The predicted octanol–water partition coefficient (Wildman–Crippen LogP) is 5.62. The van der Waals surface area contributed by atoms with Gasteiger partial charge in [0.25, 0.3) is 11.7 Å². The fraction of sp³-hybridized carbons (Fsp3) is 0.238. The van der Waals surface area contributed by atoms with E-state index in [0.29, 0.717) is 22.8 Å². The van der Waals surface area contributed by atoms with E-state index in [1.807, 2.05) is 51.1 Å². The summed E-state index contributed by atoms with van der Waals surface area (Å²) < 4.78 is 6.61. The van der Waals surface area contributed by atoms with Crippen LogP contribution in [-0.2, 0) is 10.2 Å². The number of anilines is 1. The lowest BCUT2D eigenvalue weighted by molar-refractivity contribution is -0.112. The monoisotopic (exact) mass is 413 g/mol. The van der Waals surface area contributed by atoms with Gasteiger partial charge in [0, 0.05) is 21.0 Å². The number of benzene rings is 2. The number of carbonyl (C=O) groups excluding carboxylic acids is 2. The van der Waals surface area contributed by atoms with Gasteiger partial charge in [0.2, 0.25) is 0 Å². The Balaban J connectivity index is 1.91. The minimum atomic E-state index is -0.679. The molecule has 0 saturated carbocycles. The third-order valence-corrected chi connectivity index (χ3v) is 4.92. The highest BCUT2D eigenvalue weighted by molar-refractivity contribution is 9.10. The van der Waals surface area contributed by atoms with Crippen LogP contribution >= 0.6 is 15.9 Å². The van der Waals surface area contributed by atoms with E-state index >= 15 is 0 Å². The van der Waals surface area contributed by atoms with Crippen molar-refractivity contribution in [2.45, 2.75) is 33.1 Å². The summed E-state index contributed by atoms with van der Waals surface area (Å²) >= 11 is 3.50. The van der Waals surface area contributed by atoms with E-state index in [0.717, 1.165) is 15.2 Å². The summed E-state index contributed by atoms with van der Waals surface area (Å²) in [5.74, 6) is -0.147. The van der Waals surface area contributed by atoms with Gasteiger partial charge in [0.05, 0.1) is 5.56 Å². The highest BCUT2D eigenvalue weighted by Gasteiger charge is 2.26. The van der Waals surface area contributed by atoms with Gasteiger partial charge >= 0.3 is 0 Å². The van der Waals surface area contributed by atoms with Crippen LogP contribution in [0.4, 0.5) is 5.69 Å². The zero-order valence-corrected chi connectivity index (χ0v) is 16.7. The van der Waals surface area contributed by atoms with Crippen molar-refractivity contribution in [3.63, 3.8) is 0 Å². The summed E-state index contributed by atoms with van der Waals surface area (Å²) in [5.41, 5.74) is 0.662. The lowest BCUT2D eigenvalue weighted by atomic mass is 9.93. The van der Waals surface area contributed by atoms with E-state index in [1.165, 1.54) is 0 Å². The zero-order chi connectivity index (χ0) is 19.1. The molecule has 5 heteroatoms. The summed E-state index contributed by atoms with van der Waals surface area (Å²) in [6.07, 6.45) is 0. The third kappa shape index (κ3) is 3.44. The smallest absolute Gasteiger partial charge is 0.296 e. The molecule has 1 heterocycles. The molecule has 26 heavy (non-hydrogen) atoms. The number of hydrogen-bond donors (Lipinski definition) is 1. The first kappa shape index (κ1) is 18.4. The minimum Gasteiger partial charge on any atom is -0.465 e. The fourth-order valence-corrected chi connectivity index (χ4v) is 3.23. The van der Waals surface area contributed by atoms with Crippen molar-refractivity contribution in [3.8, 4) is 0 Å². The Bertz CT molecular complexity index is 1010. The van der Waals surface area contributed by atoms with E-state index in [4.69, 9.17) is 4.42 Å². The molecule has 1 amide bonds. The van der Waals surface area contributed by atoms with Crippen LogP contribution in [0.2, 0.25) is 0 Å². The molecule has 0 radical (unpaired) electrons. The van der Waals surface area contributed by atoms with Crippen LogP contribution in [0, 0.1) is 6.92 Å². The van der Waals surface area contributed by atoms with Crippen molar-refractivity contribution in [3.05, 3.63) is 64.0 Å². The van der Waals surface area contributed by atoms with Crippen molar-refractivity contribution in [1.82, 2.24) is 0 Å². The molecule has 0 bridgehead atoms. The van der Waals surface area contributed by atoms with Crippen molar-refractivity contribution >= 4 is 44.1 Å². The SMILES string of the molecule is Cc1oc(C(C)(C)C)cc1C(=O)C(=O)Nc1ccc(Br)c2ccccc12. The van der Waals surface area contributed by atoms with E-state index < -0.39 is 11.7 Å². The van der Waals surface area contributed by atoms with Crippen LogP contribution in [0.1, 0.15) is 42.6 Å². The number of carbonyl (C=O) groups is 2. The lowest BCUT2D eigenvalue weighted by Crippen LogP contribution is -2.23. The van der Waals surface area contributed by atoms with E-state index in [2.05, 4.69) is 21.2 Å². The van der Waals surface area contributed by atoms with Gasteiger partial charge in [-0.1, -0.05) is 61.0 Å². The number of halogens is 1. The Kier molecular flexibility index (Phi) is 4.76. The first-order valence-corrected chi connectivity index (χ1v) is 9.11. The Morgan fingerprint density at radius 1 is 1.04 bits per heavy atom. The Hall–Kier alpha value is -2.40. The average Bonchev–Trinajstić information content (AvgIpc) is 2.99. The molecule has 1 aromatic heterocycles. The maximum absolute atomic E-state index is 12.6. The topological polar surface area (TPSA) is 59.3 Å². The number of fused-ring (bicyclic) bond motifs is 1. The number of rotatable bonds is 3. The van der Waals surface area contributed by atoms with Gasteiger partial charge in [-0.15, -0.1) is 0 Å². The second kappa shape index (κ2) is 6.72. The van der Waals surface area contributed by atoms with Gasteiger partial charge in [-0.2, -0.15) is 0 Å². The molecule has 2 aromatic carbocycles. The van der Waals surface area contributed by atoms with Crippen LogP contribution in [0.3, 0.4) is 0 Å². The molecule has 3 rings (SSSR count). The van der Waals surface area contributed by atoms with E-state index in [-0.39, 0.29) is 5.41 Å². The van der Waals surface area contributed by atoms with Crippen LogP contribution in [0.15, 0.2) is 51.4 Å². The number of amides is 1. The van der Waals surface area contributed by atoms with E-state index in [1.54, 1.807) is 19.1 Å². The van der Waals surface area contributed by atoms with E-state index in [9.17, 15) is 9.59 Å². The number of nitrogens with one attached hydrogen (secondary N) is 1. The average molecular weight is 414 g/mol. The predicted molar refractivity (Wildman–Crippen MR) is 107 cm³/mol. The molecule has 134 valence electrons. The van der Waals surface area contributed by atoms with Crippen molar-refractivity contribution in [1.29, 1.82) is 0 Å². The van der Waals surface area contributed by atoms with Gasteiger partial charge in [-0.3, -0.25) is 9.59 Å². The molecule has 0 atom stereocenters. The Morgan fingerprint density at radius 3 is 2.31 bits per heavy atom. The third-order valence-electron chi connectivity index (χ3n) is 4.23. The van der Waals surface area contributed by atoms with Gasteiger partial charge in [0.1, 0.15) is 11.5 Å². The minimum absolute atomic E-state index is 0.234. The standard InChI is InChI=1S/C21H20BrNO3/c1-12-15(11-18(26-12)21(2,3)4)19(24)20(25)23-17-10-9-16(22)13-7-5-6-8-14(13)17/h5-11H,1-4H3,(H,23,25). The largest absolute Gasteiger partial charge is 0.465 e. The summed E-state index contributed by atoms with van der Waals surface area (Å²) in [6, 6.07) is 13.0. The Labute approximate surface area is 160 Å². The molecule has 0 unspecified atom stereocenters. The highest BCUT2D eigenvalue weighted by Crippen LogP contribution is 2.31. The quantitative estimate of drug-likeness (QED) is 0.447. The number of furan rings is 1. The molecule has 0 saturated heterocycles. The second-order valence-corrected chi connectivity index (χ2v) is 8.11. The van der Waals surface area contributed by atoms with Crippen LogP contribution in [0.25, 0.3) is 10.8 Å². The van der Waals surface area contributed by atoms with Gasteiger partial charge < -0.3 is 9.73 Å². The van der Waals surface area contributed by atoms with Crippen molar-refractivity contribution in [2.24, 2.45) is 0 Å². The molecule has 3 aromatic rings. The number of Topliss-reactive ketones (excluding diaryl/α,β-unsaturated/α-hetero) is 1. The molecular weight excluding hydrogens is 394 g/mol. The lowest BCUT2D eigenvalue weighted by Gasteiger charge is -2.13. The summed E-state index contributed by atoms with van der Waals surface area (Å²) in [6.45, 7) is 7.68. The second-order valence-electron chi connectivity index (χ2n) is 7.25. The van der Waals surface area contributed by atoms with Crippen molar-refractivity contribution < 1.29 is 14.0 Å².